The Balaban J connectivity index is 2.22. The summed E-state index contributed by atoms with van der Waals surface area (Å²) in [7, 11) is 0. The topological polar surface area (TPSA) is 26.3 Å². The van der Waals surface area contributed by atoms with Crippen LogP contribution in [0.4, 0.5) is 0 Å². The highest BCUT2D eigenvalue weighted by Crippen LogP contribution is 2.06. The van der Waals surface area contributed by atoms with Crippen molar-refractivity contribution in [2.75, 3.05) is 6.61 Å². The molecule has 1 aromatic rings. The molecule has 0 spiro atoms. The molecule has 0 saturated heterocycles. The van der Waals surface area contributed by atoms with E-state index in [9.17, 15) is 4.79 Å². The molecule has 0 N–H and O–H groups in total. The lowest BCUT2D eigenvalue weighted by atomic mass is 10.1. The van der Waals surface area contributed by atoms with Gasteiger partial charge in [-0.25, -0.2) is 0 Å². The highest BCUT2D eigenvalue weighted by Gasteiger charge is 2.02. The largest absolute Gasteiger partial charge is 0.461 e. The van der Waals surface area contributed by atoms with Crippen molar-refractivity contribution in [3.8, 4) is 0 Å². The van der Waals surface area contributed by atoms with Crippen LogP contribution in [0.2, 0.25) is 0 Å². The third kappa shape index (κ3) is 7.57. The Morgan fingerprint density at radius 2 is 1.90 bits per heavy atom. The molecular formula is C18H24O2. The first-order valence-electron chi connectivity index (χ1n) is 7.09. The third-order valence-corrected chi connectivity index (χ3v) is 2.76. The molecule has 0 aromatic heterocycles. The van der Waals surface area contributed by atoms with Gasteiger partial charge in [-0.3, -0.25) is 4.79 Å². The van der Waals surface area contributed by atoms with Crippen molar-refractivity contribution in [2.24, 2.45) is 5.92 Å². The molecule has 2 nitrogen and oxygen atoms in total. The van der Waals surface area contributed by atoms with Gasteiger partial charge in [-0.05, 0) is 24.8 Å². The highest BCUT2D eigenvalue weighted by molar-refractivity contribution is 5.72. The number of rotatable bonds is 7. The number of carbonyl (C=O) groups excluding carboxylic acids is 1. The SMILES string of the molecule is C/C(=C\C(C)C)C/C=C/COC(=O)Cc1ccccc1. The minimum atomic E-state index is -0.185. The molecule has 0 bridgehead atoms. The molecule has 0 atom stereocenters. The summed E-state index contributed by atoms with van der Waals surface area (Å²) in [6.07, 6.45) is 7.44. The van der Waals surface area contributed by atoms with Gasteiger partial charge in [-0.1, -0.05) is 68.0 Å². The van der Waals surface area contributed by atoms with Crippen LogP contribution in [0.1, 0.15) is 32.8 Å². The minimum absolute atomic E-state index is 0.185. The Morgan fingerprint density at radius 3 is 2.55 bits per heavy atom. The molecule has 1 aromatic carbocycles. The Kier molecular flexibility index (Phi) is 7.41. The Bertz CT molecular complexity index is 456. The van der Waals surface area contributed by atoms with Crippen LogP contribution in [0.15, 0.2) is 54.1 Å². The molecule has 2 heteroatoms. The average Bonchev–Trinajstić information content (AvgIpc) is 2.38. The Labute approximate surface area is 122 Å². The summed E-state index contributed by atoms with van der Waals surface area (Å²) < 4.78 is 5.16. The fraction of sp³-hybridized carbons (Fsp3) is 0.389. The number of allylic oxidation sites excluding steroid dienone is 3. The smallest absolute Gasteiger partial charge is 0.310 e. The molecule has 0 fully saturated rings. The van der Waals surface area contributed by atoms with E-state index < -0.39 is 0 Å². The maximum atomic E-state index is 11.6. The zero-order valence-electron chi connectivity index (χ0n) is 12.6. The summed E-state index contributed by atoms with van der Waals surface area (Å²) in [5, 5.41) is 0. The summed E-state index contributed by atoms with van der Waals surface area (Å²) in [5.74, 6) is 0.391. The third-order valence-electron chi connectivity index (χ3n) is 2.76. The van der Waals surface area contributed by atoms with Crippen LogP contribution in [-0.2, 0) is 16.0 Å². The van der Waals surface area contributed by atoms with E-state index in [2.05, 4.69) is 26.8 Å². The van der Waals surface area contributed by atoms with Crippen molar-refractivity contribution in [1.82, 2.24) is 0 Å². The number of esters is 1. The summed E-state index contributed by atoms with van der Waals surface area (Å²) in [6, 6.07) is 9.64. The van der Waals surface area contributed by atoms with Gasteiger partial charge < -0.3 is 4.74 Å². The van der Waals surface area contributed by atoms with Gasteiger partial charge in [-0.15, -0.1) is 0 Å². The molecule has 1 rings (SSSR count). The summed E-state index contributed by atoms with van der Waals surface area (Å²) in [5.41, 5.74) is 2.32. The van der Waals surface area contributed by atoms with Crippen molar-refractivity contribution >= 4 is 5.97 Å². The van der Waals surface area contributed by atoms with Crippen LogP contribution in [-0.4, -0.2) is 12.6 Å². The lowest BCUT2D eigenvalue weighted by Gasteiger charge is -2.02. The summed E-state index contributed by atoms with van der Waals surface area (Å²) >= 11 is 0. The normalized spacial score (nSPS) is 12.1. The van der Waals surface area contributed by atoms with Crippen LogP contribution in [0.25, 0.3) is 0 Å². The zero-order valence-corrected chi connectivity index (χ0v) is 12.6. The quantitative estimate of drug-likeness (QED) is 0.546. The molecule has 0 saturated carbocycles. The van der Waals surface area contributed by atoms with Crippen molar-refractivity contribution in [3.05, 3.63) is 59.7 Å². The maximum Gasteiger partial charge on any atom is 0.310 e. The molecule has 0 radical (unpaired) electrons. The van der Waals surface area contributed by atoms with E-state index in [1.54, 1.807) is 0 Å². The fourth-order valence-electron chi connectivity index (χ4n) is 1.93. The van der Waals surface area contributed by atoms with Gasteiger partial charge in [0.25, 0.3) is 0 Å². The molecule has 0 amide bonds. The van der Waals surface area contributed by atoms with Gasteiger partial charge in [0, 0.05) is 0 Å². The molecule has 108 valence electrons. The second kappa shape index (κ2) is 9.13. The van der Waals surface area contributed by atoms with E-state index in [0.29, 0.717) is 18.9 Å². The van der Waals surface area contributed by atoms with E-state index in [1.807, 2.05) is 42.5 Å². The Morgan fingerprint density at radius 1 is 1.20 bits per heavy atom. The van der Waals surface area contributed by atoms with Crippen molar-refractivity contribution < 1.29 is 9.53 Å². The first kappa shape index (κ1) is 16.2. The van der Waals surface area contributed by atoms with Crippen LogP contribution in [0.5, 0.6) is 0 Å². The second-order valence-electron chi connectivity index (χ2n) is 5.28. The van der Waals surface area contributed by atoms with Crippen LogP contribution < -0.4 is 0 Å². The number of ether oxygens (including phenoxy) is 1. The lowest BCUT2D eigenvalue weighted by Crippen LogP contribution is -2.07. The van der Waals surface area contributed by atoms with Crippen LogP contribution in [0.3, 0.4) is 0 Å². The van der Waals surface area contributed by atoms with E-state index in [1.165, 1.54) is 5.57 Å². The van der Waals surface area contributed by atoms with Crippen molar-refractivity contribution in [3.63, 3.8) is 0 Å². The molecule has 0 aliphatic rings. The first-order valence-corrected chi connectivity index (χ1v) is 7.09. The number of carbonyl (C=O) groups is 1. The van der Waals surface area contributed by atoms with Crippen LogP contribution >= 0.6 is 0 Å². The molecule has 0 aliphatic heterocycles. The molecule has 20 heavy (non-hydrogen) atoms. The highest BCUT2D eigenvalue weighted by atomic mass is 16.5. The predicted octanol–water partition coefficient (Wildman–Crippen LogP) is 4.32. The van der Waals surface area contributed by atoms with E-state index in [-0.39, 0.29) is 5.97 Å². The minimum Gasteiger partial charge on any atom is -0.461 e. The predicted molar refractivity (Wildman–Crippen MR) is 83.5 cm³/mol. The Hall–Kier alpha value is -1.83. The molecular weight excluding hydrogens is 248 g/mol. The monoisotopic (exact) mass is 272 g/mol. The maximum absolute atomic E-state index is 11.6. The second-order valence-corrected chi connectivity index (χ2v) is 5.28. The average molecular weight is 272 g/mol. The molecule has 0 aliphatic carbocycles. The number of hydrogen-bond donors (Lipinski definition) is 0. The standard InChI is InChI=1S/C18H24O2/c1-15(2)13-16(3)9-7-8-12-20-18(19)14-17-10-5-4-6-11-17/h4-8,10-11,13,15H,9,12,14H2,1-3H3/b8-7+,16-13+. The lowest BCUT2D eigenvalue weighted by molar-refractivity contribution is -0.141. The van der Waals surface area contributed by atoms with Crippen LogP contribution in [0, 0.1) is 5.92 Å². The molecule has 0 heterocycles. The van der Waals surface area contributed by atoms with Gasteiger partial charge in [0.05, 0.1) is 6.42 Å². The van der Waals surface area contributed by atoms with E-state index in [0.717, 1.165) is 12.0 Å². The van der Waals surface area contributed by atoms with Crippen molar-refractivity contribution in [1.29, 1.82) is 0 Å². The summed E-state index contributed by atoms with van der Waals surface area (Å²) in [4.78, 5) is 11.6. The molecule has 0 unspecified atom stereocenters. The van der Waals surface area contributed by atoms with Gasteiger partial charge in [0.15, 0.2) is 0 Å². The number of hydrogen-bond acceptors (Lipinski definition) is 2. The van der Waals surface area contributed by atoms with Gasteiger partial charge in [-0.2, -0.15) is 0 Å². The van der Waals surface area contributed by atoms with Gasteiger partial charge in [0.2, 0.25) is 0 Å². The van der Waals surface area contributed by atoms with E-state index in [4.69, 9.17) is 4.74 Å². The van der Waals surface area contributed by atoms with Crippen molar-refractivity contribution in [2.45, 2.75) is 33.6 Å². The first-order chi connectivity index (χ1) is 9.58. The summed E-state index contributed by atoms with van der Waals surface area (Å²) in [6.45, 7) is 6.80. The van der Waals surface area contributed by atoms with Gasteiger partial charge >= 0.3 is 5.97 Å². The fourth-order valence-corrected chi connectivity index (χ4v) is 1.93. The van der Waals surface area contributed by atoms with E-state index >= 15 is 0 Å². The van der Waals surface area contributed by atoms with Gasteiger partial charge in [0.1, 0.15) is 6.61 Å². The zero-order chi connectivity index (χ0) is 14.8. The number of benzene rings is 1.